The van der Waals surface area contributed by atoms with E-state index in [1.54, 1.807) is 19.5 Å². The minimum atomic E-state index is 0.0900. The van der Waals surface area contributed by atoms with Crippen LogP contribution in [0.25, 0.3) is 0 Å². The van der Waals surface area contributed by atoms with Crippen molar-refractivity contribution >= 4 is 5.91 Å². The Morgan fingerprint density at radius 1 is 1.22 bits per heavy atom. The number of pyridine rings is 1. The van der Waals surface area contributed by atoms with Crippen LogP contribution >= 0.6 is 0 Å². The summed E-state index contributed by atoms with van der Waals surface area (Å²) >= 11 is 0. The number of aromatic nitrogens is 1. The highest BCUT2D eigenvalue weighted by Gasteiger charge is 2.21. The number of nitrogens with one attached hydrogen (secondary N) is 1. The van der Waals surface area contributed by atoms with Crippen molar-refractivity contribution in [1.82, 2.24) is 15.2 Å². The molecule has 1 atom stereocenters. The predicted molar refractivity (Wildman–Crippen MR) is 104 cm³/mol. The molecule has 0 spiro atoms. The zero-order valence-corrected chi connectivity index (χ0v) is 15.8. The third-order valence-corrected chi connectivity index (χ3v) is 4.72. The molecule has 1 aromatic heterocycles. The minimum absolute atomic E-state index is 0.0900. The Hall–Kier alpha value is -2.44. The molecule has 144 valence electrons. The normalized spacial score (nSPS) is 16.7. The standard InChI is InChI=1S/C21H27N3O3/c1-26-20-4-2-17(3-5-20)8-12-24(15-18-6-9-22-10-7-18)21(25)14-19-16-27-13-11-23-19/h2-7,9-10,19,23H,8,11-16H2,1H3/t19-/m0/s1. The number of benzene rings is 1. The van der Waals surface area contributed by atoms with Crippen molar-refractivity contribution in [3.63, 3.8) is 0 Å². The van der Waals surface area contributed by atoms with Crippen molar-refractivity contribution in [3.05, 3.63) is 59.9 Å². The SMILES string of the molecule is COc1ccc(CCN(Cc2ccncc2)C(=O)C[C@H]2COCCN2)cc1. The average Bonchev–Trinajstić information content (AvgIpc) is 2.73. The van der Waals surface area contributed by atoms with Gasteiger partial charge < -0.3 is 19.7 Å². The highest BCUT2D eigenvalue weighted by atomic mass is 16.5. The van der Waals surface area contributed by atoms with Crippen LogP contribution in [0.4, 0.5) is 0 Å². The fourth-order valence-electron chi connectivity index (χ4n) is 3.15. The van der Waals surface area contributed by atoms with E-state index < -0.39 is 0 Å². The van der Waals surface area contributed by atoms with Gasteiger partial charge in [-0.05, 0) is 41.8 Å². The first-order valence-electron chi connectivity index (χ1n) is 9.35. The number of hydrogen-bond donors (Lipinski definition) is 1. The van der Waals surface area contributed by atoms with Gasteiger partial charge in [-0.3, -0.25) is 9.78 Å². The van der Waals surface area contributed by atoms with E-state index in [0.717, 1.165) is 24.3 Å². The molecular weight excluding hydrogens is 342 g/mol. The van der Waals surface area contributed by atoms with Crippen molar-refractivity contribution in [3.8, 4) is 5.75 Å². The first-order valence-corrected chi connectivity index (χ1v) is 9.35. The summed E-state index contributed by atoms with van der Waals surface area (Å²) < 4.78 is 10.7. The van der Waals surface area contributed by atoms with Gasteiger partial charge in [0.15, 0.2) is 0 Å². The number of nitrogens with zero attached hydrogens (tertiary/aromatic N) is 2. The van der Waals surface area contributed by atoms with Gasteiger partial charge >= 0.3 is 0 Å². The van der Waals surface area contributed by atoms with Crippen molar-refractivity contribution in [2.75, 3.05) is 33.4 Å². The van der Waals surface area contributed by atoms with Gasteiger partial charge in [0.05, 0.1) is 20.3 Å². The lowest BCUT2D eigenvalue weighted by Gasteiger charge is -2.28. The maximum atomic E-state index is 12.9. The van der Waals surface area contributed by atoms with Gasteiger partial charge in [-0.25, -0.2) is 0 Å². The third kappa shape index (κ3) is 6.05. The maximum absolute atomic E-state index is 12.9. The lowest BCUT2D eigenvalue weighted by atomic mass is 10.1. The molecule has 0 saturated carbocycles. The monoisotopic (exact) mass is 369 g/mol. The summed E-state index contributed by atoms with van der Waals surface area (Å²) in [6.45, 7) is 3.36. The van der Waals surface area contributed by atoms with Crippen LogP contribution in [0.1, 0.15) is 17.5 Å². The molecule has 3 rings (SSSR count). The van der Waals surface area contributed by atoms with Crippen molar-refractivity contribution < 1.29 is 14.3 Å². The van der Waals surface area contributed by atoms with E-state index in [1.165, 1.54) is 5.56 Å². The smallest absolute Gasteiger partial charge is 0.224 e. The first-order chi connectivity index (χ1) is 13.2. The van der Waals surface area contributed by atoms with Gasteiger partial charge in [-0.1, -0.05) is 12.1 Å². The summed E-state index contributed by atoms with van der Waals surface area (Å²) in [5.41, 5.74) is 2.27. The summed E-state index contributed by atoms with van der Waals surface area (Å²) in [4.78, 5) is 18.9. The van der Waals surface area contributed by atoms with E-state index >= 15 is 0 Å². The number of carbonyl (C=O) groups excluding carboxylic acids is 1. The number of ether oxygens (including phenoxy) is 2. The second-order valence-electron chi connectivity index (χ2n) is 6.70. The largest absolute Gasteiger partial charge is 0.497 e. The summed E-state index contributed by atoms with van der Waals surface area (Å²) in [7, 11) is 1.66. The molecule has 1 aromatic carbocycles. The van der Waals surface area contributed by atoms with E-state index in [2.05, 4.69) is 10.3 Å². The third-order valence-electron chi connectivity index (χ3n) is 4.72. The Kier molecular flexibility index (Phi) is 7.19. The van der Waals surface area contributed by atoms with Gasteiger partial charge in [0.25, 0.3) is 0 Å². The summed E-state index contributed by atoms with van der Waals surface area (Å²) in [5.74, 6) is 0.982. The molecular formula is C21H27N3O3. The Morgan fingerprint density at radius 2 is 2.00 bits per heavy atom. The van der Waals surface area contributed by atoms with Crippen LogP contribution in [-0.4, -0.2) is 55.2 Å². The summed E-state index contributed by atoms with van der Waals surface area (Å²) in [5, 5.41) is 3.36. The summed E-state index contributed by atoms with van der Waals surface area (Å²) in [6.07, 6.45) is 4.78. The van der Waals surface area contributed by atoms with E-state index in [-0.39, 0.29) is 11.9 Å². The number of morpholine rings is 1. The van der Waals surface area contributed by atoms with Crippen LogP contribution in [0.3, 0.4) is 0 Å². The molecule has 1 aliphatic heterocycles. The number of amides is 1. The van der Waals surface area contributed by atoms with E-state index in [0.29, 0.717) is 32.7 Å². The molecule has 0 unspecified atom stereocenters. The molecule has 1 N–H and O–H groups in total. The molecule has 0 bridgehead atoms. The molecule has 1 saturated heterocycles. The quantitative estimate of drug-likeness (QED) is 0.772. The first kappa shape index (κ1) is 19.3. The van der Waals surface area contributed by atoms with Crippen LogP contribution in [0.15, 0.2) is 48.8 Å². The van der Waals surface area contributed by atoms with Crippen LogP contribution < -0.4 is 10.1 Å². The second-order valence-corrected chi connectivity index (χ2v) is 6.70. The van der Waals surface area contributed by atoms with Gasteiger partial charge in [0.1, 0.15) is 5.75 Å². The number of methoxy groups -OCH3 is 1. The molecule has 6 nitrogen and oxygen atoms in total. The highest BCUT2D eigenvalue weighted by Crippen LogP contribution is 2.14. The van der Waals surface area contributed by atoms with E-state index in [4.69, 9.17) is 9.47 Å². The van der Waals surface area contributed by atoms with Crippen LogP contribution in [-0.2, 0) is 22.5 Å². The van der Waals surface area contributed by atoms with Crippen molar-refractivity contribution in [2.24, 2.45) is 0 Å². The maximum Gasteiger partial charge on any atom is 0.224 e. The van der Waals surface area contributed by atoms with Gasteiger partial charge in [0, 0.05) is 44.5 Å². The topological polar surface area (TPSA) is 63.7 Å². The molecule has 0 aliphatic carbocycles. The minimum Gasteiger partial charge on any atom is -0.497 e. The number of hydrogen-bond acceptors (Lipinski definition) is 5. The van der Waals surface area contributed by atoms with Crippen LogP contribution in [0.2, 0.25) is 0 Å². The fraction of sp³-hybridized carbons (Fsp3) is 0.429. The van der Waals surface area contributed by atoms with Crippen molar-refractivity contribution in [2.45, 2.75) is 25.4 Å². The number of carbonyl (C=O) groups is 1. The Bertz CT molecular complexity index is 700. The zero-order valence-electron chi connectivity index (χ0n) is 15.8. The lowest BCUT2D eigenvalue weighted by Crippen LogP contribution is -2.45. The summed E-state index contributed by atoms with van der Waals surface area (Å²) in [6, 6.07) is 12.0. The predicted octanol–water partition coefficient (Wildman–Crippen LogP) is 2.04. The average molecular weight is 369 g/mol. The highest BCUT2D eigenvalue weighted by molar-refractivity contribution is 5.77. The zero-order chi connectivity index (χ0) is 18.9. The lowest BCUT2D eigenvalue weighted by molar-refractivity contribution is -0.133. The Morgan fingerprint density at radius 3 is 2.67 bits per heavy atom. The van der Waals surface area contributed by atoms with Gasteiger partial charge in [-0.2, -0.15) is 0 Å². The molecule has 2 heterocycles. The van der Waals surface area contributed by atoms with E-state index in [9.17, 15) is 4.79 Å². The molecule has 2 aromatic rings. The van der Waals surface area contributed by atoms with Gasteiger partial charge in [-0.15, -0.1) is 0 Å². The van der Waals surface area contributed by atoms with Crippen molar-refractivity contribution in [1.29, 1.82) is 0 Å². The molecule has 1 amide bonds. The molecule has 1 aliphatic rings. The second kappa shape index (κ2) is 10.0. The van der Waals surface area contributed by atoms with E-state index in [1.807, 2.05) is 41.3 Å². The number of rotatable bonds is 8. The van der Waals surface area contributed by atoms with Gasteiger partial charge in [0.2, 0.25) is 5.91 Å². The molecule has 6 heteroatoms. The fourth-order valence-corrected chi connectivity index (χ4v) is 3.15. The molecule has 1 fully saturated rings. The Balaban J connectivity index is 1.63. The van der Waals surface area contributed by atoms with Crippen LogP contribution in [0.5, 0.6) is 5.75 Å². The molecule has 27 heavy (non-hydrogen) atoms. The Labute approximate surface area is 160 Å². The van der Waals surface area contributed by atoms with Crippen LogP contribution in [0, 0.1) is 0 Å². The molecule has 0 radical (unpaired) electrons.